The molecule has 7 nitrogen and oxygen atoms in total. The fraction of sp³-hybridized carbons (Fsp3) is 0.308. The van der Waals surface area contributed by atoms with E-state index >= 15 is 0 Å². The molecule has 1 fully saturated rings. The third kappa shape index (κ3) is 4.48. The summed E-state index contributed by atoms with van der Waals surface area (Å²) in [6, 6.07) is 10.8. The zero-order chi connectivity index (χ0) is 25.5. The number of hydrogen-bond acceptors (Lipinski definition) is 6. The first-order valence-electron chi connectivity index (χ1n) is 12.0. The number of hydrogen-bond donors (Lipinski definition) is 0. The van der Waals surface area contributed by atoms with Gasteiger partial charge in [0.2, 0.25) is 5.91 Å². The van der Waals surface area contributed by atoms with Crippen LogP contribution in [0.15, 0.2) is 53.0 Å². The highest BCUT2D eigenvalue weighted by Gasteiger charge is 2.31. The quantitative estimate of drug-likeness (QED) is 0.360. The zero-order valence-corrected chi connectivity index (χ0v) is 20.4. The van der Waals surface area contributed by atoms with Crippen LogP contribution in [0.3, 0.4) is 0 Å². The van der Waals surface area contributed by atoms with Gasteiger partial charge in [-0.1, -0.05) is 23.4 Å². The average molecular weight is 526 g/mol. The Labute approximate surface area is 214 Å². The smallest absolute Gasteiger partial charge is 0.290 e. The normalized spacial score (nSPS) is 18.3. The molecule has 0 N–H and O–H groups in total. The zero-order valence-electron chi connectivity index (χ0n) is 19.6. The molecule has 0 aliphatic carbocycles. The van der Waals surface area contributed by atoms with Crippen molar-refractivity contribution in [3.63, 3.8) is 0 Å². The number of piperidine rings is 1. The fourth-order valence-electron chi connectivity index (χ4n) is 4.92. The van der Waals surface area contributed by atoms with Crippen LogP contribution in [0, 0.1) is 17.7 Å². The van der Waals surface area contributed by atoms with E-state index in [4.69, 9.17) is 9.82 Å². The number of amides is 1. The van der Waals surface area contributed by atoms with Gasteiger partial charge in [0.15, 0.2) is 6.10 Å². The Morgan fingerprint density at radius 3 is 2.57 bits per heavy atom. The van der Waals surface area contributed by atoms with Gasteiger partial charge >= 0.3 is 0 Å². The number of halogens is 3. The molecule has 1 atom stereocenters. The summed E-state index contributed by atoms with van der Waals surface area (Å²) in [7, 11) is 0. The number of nitrogens with zero attached hydrogens (tertiary/aromatic N) is 5. The van der Waals surface area contributed by atoms with Gasteiger partial charge in [0, 0.05) is 30.8 Å². The molecule has 4 heterocycles. The molecule has 2 aromatic carbocycles. The Hall–Kier alpha value is -3.73. The predicted octanol–water partition coefficient (Wildman–Crippen LogP) is 5.18. The van der Waals surface area contributed by atoms with E-state index in [1.807, 2.05) is 5.38 Å². The molecule has 2 aliphatic heterocycles. The largest absolute Gasteiger partial charge is 0.387 e. The Kier molecular flexibility index (Phi) is 6.15. The van der Waals surface area contributed by atoms with Crippen molar-refractivity contribution < 1.29 is 22.8 Å². The third-order valence-electron chi connectivity index (χ3n) is 6.91. The Balaban J connectivity index is 1.07. The number of benzene rings is 2. The number of imidazole rings is 1. The number of carbonyl (C=O) groups is 1. The van der Waals surface area contributed by atoms with Gasteiger partial charge in [-0.15, -0.1) is 11.3 Å². The topological polar surface area (TPSA) is 72.6 Å². The van der Waals surface area contributed by atoms with Gasteiger partial charge < -0.3 is 9.74 Å². The van der Waals surface area contributed by atoms with Crippen molar-refractivity contribution in [1.29, 1.82) is 0 Å². The highest BCUT2D eigenvalue weighted by atomic mass is 32.1. The molecular formula is C26H22F3N5O2S. The summed E-state index contributed by atoms with van der Waals surface area (Å²) in [5.74, 6) is -1.29. The molecule has 11 heteroatoms. The van der Waals surface area contributed by atoms with E-state index < -0.39 is 23.8 Å². The molecule has 0 spiro atoms. The first-order valence-corrected chi connectivity index (χ1v) is 12.9. The highest BCUT2D eigenvalue weighted by molar-refractivity contribution is 7.10. The van der Waals surface area contributed by atoms with Crippen LogP contribution in [-0.2, 0) is 16.2 Å². The van der Waals surface area contributed by atoms with E-state index in [0.717, 1.165) is 17.8 Å². The van der Waals surface area contributed by atoms with Gasteiger partial charge in [0.25, 0.3) is 6.08 Å². The minimum absolute atomic E-state index is 0.0952. The van der Waals surface area contributed by atoms with Gasteiger partial charge in [-0.25, -0.2) is 18.7 Å². The lowest BCUT2D eigenvalue weighted by Gasteiger charge is -2.31. The van der Waals surface area contributed by atoms with E-state index in [1.54, 1.807) is 29.2 Å². The SMILES string of the molecule is O=C(Cn1c(F)nc2ccccc21)N1CCC(c2nc(C3=NOC(c4c(F)cccc4F)C3)cs2)CC1. The molecule has 37 heavy (non-hydrogen) atoms. The third-order valence-corrected chi connectivity index (χ3v) is 7.91. The van der Waals surface area contributed by atoms with Crippen molar-refractivity contribution in [2.45, 2.75) is 37.8 Å². The predicted molar refractivity (Wildman–Crippen MR) is 132 cm³/mol. The maximum Gasteiger partial charge on any atom is 0.290 e. The summed E-state index contributed by atoms with van der Waals surface area (Å²) >= 11 is 1.50. The first-order chi connectivity index (χ1) is 18.0. The average Bonchev–Trinajstić information content (AvgIpc) is 3.64. The first kappa shape index (κ1) is 23.7. The number of likely N-dealkylation sites (tertiary alicyclic amines) is 1. The summed E-state index contributed by atoms with van der Waals surface area (Å²) in [4.78, 5) is 28.6. The number of carbonyl (C=O) groups excluding carboxylic acids is 1. The van der Waals surface area contributed by atoms with Crippen molar-refractivity contribution in [2.24, 2.45) is 5.16 Å². The lowest BCUT2D eigenvalue weighted by molar-refractivity contribution is -0.133. The number of fused-ring (bicyclic) bond motifs is 1. The molecule has 1 saturated heterocycles. The van der Waals surface area contributed by atoms with Crippen molar-refractivity contribution >= 4 is 34.0 Å². The van der Waals surface area contributed by atoms with Crippen molar-refractivity contribution in [3.8, 4) is 0 Å². The second kappa shape index (κ2) is 9.62. The van der Waals surface area contributed by atoms with Gasteiger partial charge in [-0.2, -0.15) is 4.39 Å². The monoisotopic (exact) mass is 525 g/mol. The maximum absolute atomic E-state index is 14.3. The van der Waals surface area contributed by atoms with Gasteiger partial charge in [-0.05, 0) is 37.1 Å². The Bertz CT molecular complexity index is 1490. The molecule has 6 rings (SSSR count). The summed E-state index contributed by atoms with van der Waals surface area (Å²) in [6.45, 7) is 0.999. The Morgan fingerprint density at radius 1 is 1.03 bits per heavy atom. The molecule has 2 aliphatic rings. The van der Waals surface area contributed by atoms with Crippen LogP contribution < -0.4 is 0 Å². The number of oxime groups is 1. The van der Waals surface area contributed by atoms with E-state index in [1.165, 1.54) is 34.1 Å². The van der Waals surface area contributed by atoms with Crippen LogP contribution in [0.1, 0.15) is 47.5 Å². The van der Waals surface area contributed by atoms with Crippen LogP contribution in [0.2, 0.25) is 0 Å². The molecule has 0 radical (unpaired) electrons. The molecule has 0 bridgehead atoms. The van der Waals surface area contributed by atoms with Gasteiger partial charge in [-0.3, -0.25) is 9.36 Å². The van der Waals surface area contributed by atoms with E-state index in [-0.39, 0.29) is 30.4 Å². The minimum Gasteiger partial charge on any atom is -0.387 e. The van der Waals surface area contributed by atoms with E-state index in [0.29, 0.717) is 35.5 Å². The summed E-state index contributed by atoms with van der Waals surface area (Å²) in [5.41, 5.74) is 2.18. The van der Waals surface area contributed by atoms with Crippen LogP contribution in [-0.4, -0.2) is 44.1 Å². The lowest BCUT2D eigenvalue weighted by Crippen LogP contribution is -2.39. The van der Waals surface area contributed by atoms with Crippen molar-refractivity contribution in [1.82, 2.24) is 19.4 Å². The fourth-order valence-corrected chi connectivity index (χ4v) is 5.92. The summed E-state index contributed by atoms with van der Waals surface area (Å²) < 4.78 is 43.9. The number of thiazole rings is 1. The van der Waals surface area contributed by atoms with Crippen molar-refractivity contribution in [2.75, 3.05) is 13.1 Å². The lowest BCUT2D eigenvalue weighted by atomic mass is 9.97. The standard InChI is InChI=1S/C26H22F3N5O2S/c27-16-4-3-5-17(28)24(16)22-12-19(32-36-22)20-14-37-25(30-20)15-8-10-33(11-9-15)23(35)13-34-21-7-2-1-6-18(21)31-26(34)29/h1-7,14-15,22H,8-13H2. The molecular weight excluding hydrogens is 503 g/mol. The minimum atomic E-state index is -0.826. The number of aromatic nitrogens is 3. The number of rotatable bonds is 5. The summed E-state index contributed by atoms with van der Waals surface area (Å²) in [6.07, 6.45) is 0.204. The van der Waals surface area contributed by atoms with E-state index in [9.17, 15) is 18.0 Å². The second-order valence-corrected chi connectivity index (χ2v) is 10.0. The second-order valence-electron chi connectivity index (χ2n) is 9.15. The maximum atomic E-state index is 14.3. The van der Waals surface area contributed by atoms with Gasteiger partial charge in [0.1, 0.15) is 23.9 Å². The van der Waals surface area contributed by atoms with Crippen LogP contribution in [0.5, 0.6) is 0 Å². The summed E-state index contributed by atoms with van der Waals surface area (Å²) in [5, 5.41) is 6.85. The van der Waals surface area contributed by atoms with Crippen LogP contribution in [0.25, 0.3) is 11.0 Å². The molecule has 190 valence electrons. The van der Waals surface area contributed by atoms with Gasteiger partial charge in [0.05, 0.1) is 27.3 Å². The molecule has 2 aromatic heterocycles. The van der Waals surface area contributed by atoms with E-state index in [2.05, 4.69) is 10.1 Å². The molecule has 0 saturated carbocycles. The Morgan fingerprint density at radius 2 is 1.78 bits per heavy atom. The van der Waals surface area contributed by atoms with Crippen LogP contribution >= 0.6 is 11.3 Å². The molecule has 4 aromatic rings. The number of para-hydroxylation sites is 2. The molecule has 1 amide bonds. The van der Waals surface area contributed by atoms with Crippen molar-refractivity contribution in [3.05, 3.63) is 81.8 Å². The molecule has 1 unspecified atom stereocenters. The van der Waals surface area contributed by atoms with Crippen LogP contribution in [0.4, 0.5) is 13.2 Å². The highest BCUT2D eigenvalue weighted by Crippen LogP contribution is 2.35.